The van der Waals surface area contributed by atoms with E-state index in [-0.39, 0.29) is 17.9 Å². The molecular weight excluding hydrogens is 436 g/mol. The maximum absolute atomic E-state index is 12.4. The van der Waals surface area contributed by atoms with Crippen LogP contribution in [0.1, 0.15) is 42.9 Å². The molecule has 2 aliphatic rings. The molecule has 29 heavy (non-hydrogen) atoms. The van der Waals surface area contributed by atoms with Gasteiger partial charge in [0, 0.05) is 35.0 Å². The highest BCUT2D eigenvalue weighted by Gasteiger charge is 2.23. The zero-order valence-corrected chi connectivity index (χ0v) is 17.6. The van der Waals surface area contributed by atoms with Crippen LogP contribution in [0.2, 0.25) is 0 Å². The molecule has 2 amide bonds. The van der Waals surface area contributed by atoms with Gasteiger partial charge in [0.1, 0.15) is 11.5 Å². The van der Waals surface area contributed by atoms with Crippen molar-refractivity contribution in [1.82, 2.24) is 5.32 Å². The molecule has 0 saturated carbocycles. The van der Waals surface area contributed by atoms with Crippen LogP contribution in [0.15, 0.2) is 40.9 Å². The summed E-state index contributed by atoms with van der Waals surface area (Å²) in [7, 11) is 0. The van der Waals surface area contributed by atoms with Crippen LogP contribution in [0.5, 0.6) is 11.5 Å². The summed E-state index contributed by atoms with van der Waals surface area (Å²) in [6.45, 7) is 1.07. The third kappa shape index (κ3) is 4.90. The molecule has 0 fully saturated rings. The van der Waals surface area contributed by atoms with Gasteiger partial charge in [0.15, 0.2) is 0 Å². The minimum atomic E-state index is -0.0273. The van der Waals surface area contributed by atoms with E-state index in [1.807, 2.05) is 36.4 Å². The van der Waals surface area contributed by atoms with Gasteiger partial charge in [-0.25, -0.2) is 0 Å². The van der Waals surface area contributed by atoms with Gasteiger partial charge in [-0.2, -0.15) is 0 Å². The maximum Gasteiger partial charge on any atom is 0.224 e. The fourth-order valence-corrected chi connectivity index (χ4v) is 4.03. The molecule has 0 bridgehead atoms. The quantitative estimate of drug-likeness (QED) is 0.637. The first-order valence-corrected chi connectivity index (χ1v) is 10.6. The lowest BCUT2D eigenvalue weighted by Gasteiger charge is -2.27. The van der Waals surface area contributed by atoms with Crippen molar-refractivity contribution in [3.63, 3.8) is 0 Å². The Morgan fingerprint density at radius 1 is 1.24 bits per heavy atom. The maximum atomic E-state index is 12.4. The molecule has 1 unspecified atom stereocenters. The number of hydrogen-bond acceptors (Lipinski definition) is 4. The SMILES string of the molecule is O=C1CCc2cc(OCCCC(=O)NC3CCOc4ccc(Br)cc43)ccc2N1. The van der Waals surface area contributed by atoms with Gasteiger partial charge in [0.05, 0.1) is 19.3 Å². The highest BCUT2D eigenvalue weighted by molar-refractivity contribution is 9.10. The van der Waals surface area contributed by atoms with Crippen molar-refractivity contribution < 1.29 is 19.1 Å². The number of carbonyl (C=O) groups is 2. The Morgan fingerprint density at radius 3 is 3.03 bits per heavy atom. The lowest BCUT2D eigenvalue weighted by molar-refractivity contribution is -0.122. The number of rotatable bonds is 6. The van der Waals surface area contributed by atoms with Crippen molar-refractivity contribution in [2.45, 2.75) is 38.1 Å². The Kier molecular flexibility index (Phi) is 6.04. The van der Waals surface area contributed by atoms with Gasteiger partial charge in [-0.3, -0.25) is 9.59 Å². The summed E-state index contributed by atoms with van der Waals surface area (Å²) >= 11 is 3.48. The van der Waals surface area contributed by atoms with Crippen LogP contribution in [0.25, 0.3) is 0 Å². The largest absolute Gasteiger partial charge is 0.494 e. The van der Waals surface area contributed by atoms with E-state index in [1.165, 1.54) is 0 Å². The monoisotopic (exact) mass is 458 g/mol. The van der Waals surface area contributed by atoms with Crippen LogP contribution < -0.4 is 20.1 Å². The molecule has 2 N–H and O–H groups in total. The van der Waals surface area contributed by atoms with E-state index in [9.17, 15) is 9.59 Å². The van der Waals surface area contributed by atoms with Crippen LogP contribution in [-0.2, 0) is 16.0 Å². The average molecular weight is 459 g/mol. The van der Waals surface area contributed by atoms with Gasteiger partial charge in [0.25, 0.3) is 0 Å². The number of hydrogen-bond donors (Lipinski definition) is 2. The second-order valence-electron chi connectivity index (χ2n) is 7.26. The number of aryl methyl sites for hydroxylation is 1. The minimum Gasteiger partial charge on any atom is -0.494 e. The summed E-state index contributed by atoms with van der Waals surface area (Å²) in [5.41, 5.74) is 2.96. The van der Waals surface area contributed by atoms with Crippen molar-refractivity contribution in [3.05, 3.63) is 52.0 Å². The molecule has 152 valence electrons. The predicted molar refractivity (Wildman–Crippen MR) is 113 cm³/mol. The molecule has 0 saturated heterocycles. The predicted octanol–water partition coefficient (Wildman–Crippen LogP) is 4.13. The average Bonchev–Trinajstić information content (AvgIpc) is 2.71. The highest BCUT2D eigenvalue weighted by Crippen LogP contribution is 2.34. The number of fused-ring (bicyclic) bond motifs is 2. The summed E-state index contributed by atoms with van der Waals surface area (Å²) in [4.78, 5) is 23.8. The molecular formula is C22H23BrN2O4. The second kappa shape index (κ2) is 8.86. The second-order valence-corrected chi connectivity index (χ2v) is 8.17. The fourth-order valence-electron chi connectivity index (χ4n) is 3.65. The number of halogens is 1. The number of carbonyl (C=O) groups excluding carboxylic acids is 2. The van der Waals surface area contributed by atoms with Gasteiger partial charge in [-0.15, -0.1) is 0 Å². The summed E-state index contributed by atoms with van der Waals surface area (Å²) in [6.07, 6.45) is 3.03. The number of nitrogens with one attached hydrogen (secondary N) is 2. The van der Waals surface area contributed by atoms with Gasteiger partial charge in [-0.1, -0.05) is 15.9 Å². The Balaban J connectivity index is 1.24. The number of anilines is 1. The van der Waals surface area contributed by atoms with E-state index >= 15 is 0 Å². The van der Waals surface area contributed by atoms with E-state index in [0.717, 1.165) is 45.6 Å². The molecule has 1 atom stereocenters. The molecule has 2 aromatic carbocycles. The Bertz CT molecular complexity index is 931. The number of amides is 2. The first kappa shape index (κ1) is 19.8. The zero-order chi connectivity index (χ0) is 20.2. The van der Waals surface area contributed by atoms with Crippen LogP contribution in [-0.4, -0.2) is 25.0 Å². The van der Waals surface area contributed by atoms with Crippen molar-refractivity contribution in [2.75, 3.05) is 18.5 Å². The summed E-state index contributed by atoms with van der Waals surface area (Å²) in [5.74, 6) is 1.66. The minimum absolute atomic E-state index is 0.0135. The standard InChI is InChI=1S/C22H23BrN2O4/c23-15-4-7-20-17(13-15)19(9-11-29-20)25-21(26)2-1-10-28-16-5-6-18-14(12-16)3-8-22(27)24-18/h4-7,12-13,19H,1-3,8-11H2,(H,24,27)(H,25,26). The molecule has 0 aromatic heterocycles. The van der Waals surface area contributed by atoms with E-state index in [4.69, 9.17) is 9.47 Å². The van der Waals surface area contributed by atoms with Crippen molar-refractivity contribution in [3.8, 4) is 11.5 Å². The normalized spacial score (nSPS) is 17.4. The third-order valence-corrected chi connectivity index (χ3v) is 5.63. The molecule has 2 aliphatic heterocycles. The molecule has 6 nitrogen and oxygen atoms in total. The van der Waals surface area contributed by atoms with Gasteiger partial charge >= 0.3 is 0 Å². The molecule has 0 aliphatic carbocycles. The summed E-state index contributed by atoms with van der Waals surface area (Å²) in [6, 6.07) is 11.5. The summed E-state index contributed by atoms with van der Waals surface area (Å²) in [5, 5.41) is 5.97. The molecule has 4 rings (SSSR count). The van der Waals surface area contributed by atoms with Crippen molar-refractivity contribution in [1.29, 1.82) is 0 Å². The molecule has 2 aromatic rings. The van der Waals surface area contributed by atoms with Crippen molar-refractivity contribution in [2.24, 2.45) is 0 Å². The van der Waals surface area contributed by atoms with E-state index in [1.54, 1.807) is 0 Å². The zero-order valence-electron chi connectivity index (χ0n) is 16.0. The van der Waals surface area contributed by atoms with Crippen LogP contribution in [0, 0.1) is 0 Å². The Labute approximate surface area is 178 Å². The first-order chi connectivity index (χ1) is 14.1. The van der Waals surface area contributed by atoms with E-state index in [2.05, 4.69) is 26.6 Å². The molecule has 0 spiro atoms. The lowest BCUT2D eigenvalue weighted by atomic mass is 10.0. The number of ether oxygens (including phenoxy) is 2. The molecule has 7 heteroatoms. The Hall–Kier alpha value is -2.54. The van der Waals surface area contributed by atoms with E-state index in [0.29, 0.717) is 32.5 Å². The lowest BCUT2D eigenvalue weighted by Crippen LogP contribution is -2.32. The first-order valence-electron chi connectivity index (χ1n) is 9.86. The van der Waals surface area contributed by atoms with Gasteiger partial charge in [-0.05, 0) is 54.8 Å². The summed E-state index contributed by atoms with van der Waals surface area (Å²) < 4.78 is 12.4. The molecule has 2 heterocycles. The Morgan fingerprint density at radius 2 is 2.14 bits per heavy atom. The van der Waals surface area contributed by atoms with Gasteiger partial charge < -0.3 is 20.1 Å². The van der Waals surface area contributed by atoms with Crippen molar-refractivity contribution >= 4 is 33.4 Å². The third-order valence-electron chi connectivity index (χ3n) is 5.14. The highest BCUT2D eigenvalue weighted by atomic mass is 79.9. The van der Waals surface area contributed by atoms with Crippen LogP contribution in [0.4, 0.5) is 5.69 Å². The number of benzene rings is 2. The smallest absolute Gasteiger partial charge is 0.224 e. The van der Waals surface area contributed by atoms with Crippen LogP contribution in [0.3, 0.4) is 0 Å². The van der Waals surface area contributed by atoms with E-state index < -0.39 is 0 Å². The topological polar surface area (TPSA) is 76.7 Å². The van der Waals surface area contributed by atoms with Gasteiger partial charge in [0.2, 0.25) is 11.8 Å². The van der Waals surface area contributed by atoms with Crippen LogP contribution >= 0.6 is 15.9 Å². The molecule has 0 radical (unpaired) electrons. The fraction of sp³-hybridized carbons (Fsp3) is 0.364.